The average Bonchev–Trinajstić information content (AvgIpc) is 2.45. The first-order valence-corrected chi connectivity index (χ1v) is 8.25. The first-order valence-electron chi connectivity index (χ1n) is 8.25. The van der Waals surface area contributed by atoms with Crippen LogP contribution in [0.2, 0.25) is 0 Å². The normalized spacial score (nSPS) is 14.0. The summed E-state index contributed by atoms with van der Waals surface area (Å²) in [6.07, 6.45) is 2.14. The summed E-state index contributed by atoms with van der Waals surface area (Å²) in [4.78, 5) is 38.9. The summed E-state index contributed by atoms with van der Waals surface area (Å²) in [5, 5.41) is 2.69. The molecule has 0 aliphatic rings. The highest BCUT2D eigenvalue weighted by molar-refractivity contribution is 5.88. The van der Waals surface area contributed by atoms with Gasteiger partial charge in [0.15, 0.2) is 0 Å². The van der Waals surface area contributed by atoms with Crippen LogP contribution in [0.3, 0.4) is 0 Å². The maximum atomic E-state index is 12.3. The van der Waals surface area contributed by atoms with Gasteiger partial charge >= 0.3 is 0 Å². The van der Waals surface area contributed by atoms with Crippen molar-refractivity contribution in [1.29, 1.82) is 0 Å². The molecule has 0 radical (unpaired) electrons. The van der Waals surface area contributed by atoms with Crippen molar-refractivity contribution in [3.05, 3.63) is 0 Å². The highest BCUT2D eigenvalue weighted by atomic mass is 16.2. The van der Waals surface area contributed by atoms with E-state index in [0.717, 1.165) is 12.7 Å². The minimum atomic E-state index is -0.445. The standard InChI is InChI=1S/C17H33N3O3/c1-12(2)8-14(11-21)20(7)16(22)10-18-17(23)15(19(5)6)9-13(3)4/h11-15H,8-10H2,1-7H3,(H,18,23). The van der Waals surface area contributed by atoms with Gasteiger partial charge < -0.3 is 15.0 Å². The zero-order valence-corrected chi connectivity index (χ0v) is 15.6. The lowest BCUT2D eigenvalue weighted by molar-refractivity contribution is -0.136. The maximum absolute atomic E-state index is 12.3. The number of hydrogen-bond donors (Lipinski definition) is 1. The van der Waals surface area contributed by atoms with E-state index in [4.69, 9.17) is 0 Å². The van der Waals surface area contributed by atoms with E-state index < -0.39 is 6.04 Å². The lowest BCUT2D eigenvalue weighted by atomic mass is 10.0. The van der Waals surface area contributed by atoms with Crippen LogP contribution in [-0.2, 0) is 14.4 Å². The van der Waals surface area contributed by atoms with Crippen molar-refractivity contribution in [3.63, 3.8) is 0 Å². The quantitative estimate of drug-likeness (QED) is 0.611. The third-order valence-electron chi connectivity index (χ3n) is 3.80. The molecule has 2 unspecified atom stereocenters. The van der Waals surface area contributed by atoms with Gasteiger partial charge in [0.05, 0.1) is 18.6 Å². The molecule has 23 heavy (non-hydrogen) atoms. The Labute approximate surface area is 140 Å². The van der Waals surface area contributed by atoms with E-state index >= 15 is 0 Å². The number of aldehydes is 1. The summed E-state index contributed by atoms with van der Waals surface area (Å²) in [5.74, 6) is 0.298. The number of amides is 2. The van der Waals surface area contributed by atoms with Gasteiger partial charge in [-0.3, -0.25) is 14.5 Å². The molecule has 0 heterocycles. The predicted molar refractivity (Wildman–Crippen MR) is 92.0 cm³/mol. The van der Waals surface area contributed by atoms with Gasteiger partial charge in [0.25, 0.3) is 0 Å². The number of nitrogens with one attached hydrogen (secondary N) is 1. The highest BCUT2D eigenvalue weighted by Crippen LogP contribution is 2.10. The third kappa shape index (κ3) is 8.11. The van der Waals surface area contributed by atoms with Crippen molar-refractivity contribution < 1.29 is 14.4 Å². The van der Waals surface area contributed by atoms with Gasteiger partial charge in [-0.25, -0.2) is 0 Å². The maximum Gasteiger partial charge on any atom is 0.242 e. The molecule has 0 aliphatic heterocycles. The molecule has 0 fully saturated rings. The first kappa shape index (κ1) is 21.6. The van der Waals surface area contributed by atoms with Crippen LogP contribution < -0.4 is 5.32 Å². The third-order valence-corrected chi connectivity index (χ3v) is 3.80. The molecule has 2 atom stereocenters. The van der Waals surface area contributed by atoms with Gasteiger partial charge in [0, 0.05) is 7.05 Å². The number of carbonyl (C=O) groups excluding carboxylic acids is 3. The van der Waals surface area contributed by atoms with Gasteiger partial charge in [-0.1, -0.05) is 27.7 Å². The Kier molecular flexibility index (Phi) is 9.72. The molecule has 0 spiro atoms. The highest BCUT2D eigenvalue weighted by Gasteiger charge is 2.24. The number of nitrogens with zero attached hydrogens (tertiary/aromatic N) is 2. The Morgan fingerprint density at radius 3 is 1.91 bits per heavy atom. The van der Waals surface area contributed by atoms with E-state index in [1.165, 1.54) is 4.90 Å². The predicted octanol–water partition coefficient (Wildman–Crippen LogP) is 1.15. The minimum Gasteiger partial charge on any atom is -0.346 e. The van der Waals surface area contributed by atoms with Crippen LogP contribution in [-0.4, -0.2) is 67.7 Å². The molecular weight excluding hydrogens is 294 g/mol. The van der Waals surface area contributed by atoms with Crippen molar-refractivity contribution in [1.82, 2.24) is 15.1 Å². The monoisotopic (exact) mass is 327 g/mol. The van der Waals surface area contributed by atoms with E-state index in [-0.39, 0.29) is 24.4 Å². The number of likely N-dealkylation sites (N-methyl/N-ethyl adjacent to an activating group) is 2. The van der Waals surface area contributed by atoms with Crippen LogP contribution in [0.1, 0.15) is 40.5 Å². The fraction of sp³-hybridized carbons (Fsp3) is 0.824. The minimum absolute atomic E-state index is 0.0831. The molecule has 0 aliphatic carbocycles. The zero-order valence-electron chi connectivity index (χ0n) is 15.6. The summed E-state index contributed by atoms with van der Waals surface area (Å²) >= 11 is 0. The van der Waals surface area contributed by atoms with Crippen molar-refractivity contribution in [2.45, 2.75) is 52.6 Å². The van der Waals surface area contributed by atoms with Crippen LogP contribution in [0.25, 0.3) is 0 Å². The van der Waals surface area contributed by atoms with E-state index in [1.54, 1.807) is 7.05 Å². The Morgan fingerprint density at radius 2 is 1.52 bits per heavy atom. The van der Waals surface area contributed by atoms with Crippen LogP contribution in [0.5, 0.6) is 0 Å². The first-order chi connectivity index (χ1) is 10.6. The molecule has 0 saturated heterocycles. The summed E-state index contributed by atoms with van der Waals surface area (Å²) in [6, 6.07) is -0.703. The van der Waals surface area contributed by atoms with Gasteiger partial charge in [-0.15, -0.1) is 0 Å². The van der Waals surface area contributed by atoms with Crippen LogP contribution >= 0.6 is 0 Å². The molecule has 6 nitrogen and oxygen atoms in total. The smallest absolute Gasteiger partial charge is 0.242 e. The molecule has 6 heteroatoms. The Morgan fingerprint density at radius 1 is 1.00 bits per heavy atom. The van der Waals surface area contributed by atoms with Gasteiger partial charge in [-0.2, -0.15) is 0 Å². The molecule has 0 bridgehead atoms. The fourth-order valence-corrected chi connectivity index (χ4v) is 2.38. The molecule has 0 aromatic rings. The molecule has 0 aromatic carbocycles. The Bertz CT molecular complexity index is 395. The fourth-order valence-electron chi connectivity index (χ4n) is 2.38. The Hall–Kier alpha value is -1.43. The second-order valence-corrected chi connectivity index (χ2v) is 7.16. The molecular formula is C17H33N3O3. The van der Waals surface area contributed by atoms with Crippen LogP contribution in [0.15, 0.2) is 0 Å². The van der Waals surface area contributed by atoms with Crippen molar-refractivity contribution in [2.24, 2.45) is 11.8 Å². The van der Waals surface area contributed by atoms with Crippen molar-refractivity contribution >= 4 is 18.1 Å². The van der Waals surface area contributed by atoms with E-state index in [9.17, 15) is 14.4 Å². The summed E-state index contributed by atoms with van der Waals surface area (Å²) < 4.78 is 0. The van der Waals surface area contributed by atoms with Crippen LogP contribution in [0.4, 0.5) is 0 Å². The van der Waals surface area contributed by atoms with E-state index in [0.29, 0.717) is 18.3 Å². The van der Waals surface area contributed by atoms with E-state index in [2.05, 4.69) is 19.2 Å². The topological polar surface area (TPSA) is 69.7 Å². The van der Waals surface area contributed by atoms with Gasteiger partial charge in [-0.05, 0) is 38.8 Å². The van der Waals surface area contributed by atoms with Crippen LogP contribution in [0, 0.1) is 11.8 Å². The van der Waals surface area contributed by atoms with Gasteiger partial charge in [0.2, 0.25) is 11.8 Å². The molecule has 2 amide bonds. The molecule has 0 rings (SSSR count). The number of hydrogen-bond acceptors (Lipinski definition) is 4. The number of carbonyl (C=O) groups is 3. The van der Waals surface area contributed by atoms with Gasteiger partial charge in [0.1, 0.15) is 6.29 Å². The van der Waals surface area contributed by atoms with Crippen molar-refractivity contribution in [2.75, 3.05) is 27.7 Å². The number of rotatable bonds is 10. The summed E-state index contributed by atoms with van der Waals surface area (Å²) in [7, 11) is 5.31. The second-order valence-electron chi connectivity index (χ2n) is 7.16. The van der Waals surface area contributed by atoms with E-state index in [1.807, 2.05) is 32.8 Å². The molecule has 0 saturated carbocycles. The largest absolute Gasteiger partial charge is 0.346 e. The summed E-state index contributed by atoms with van der Waals surface area (Å²) in [6.45, 7) is 8.04. The lowest BCUT2D eigenvalue weighted by Gasteiger charge is -2.27. The SMILES string of the molecule is CC(C)CC(C(=O)NCC(=O)N(C)C(C=O)CC(C)C)N(C)C. The van der Waals surface area contributed by atoms with Crippen molar-refractivity contribution in [3.8, 4) is 0 Å². The molecule has 134 valence electrons. The summed E-state index contributed by atoms with van der Waals surface area (Å²) in [5.41, 5.74) is 0. The zero-order chi connectivity index (χ0) is 18.2. The molecule has 0 aromatic heterocycles. The Balaban J connectivity index is 4.60. The second kappa shape index (κ2) is 10.4. The lowest BCUT2D eigenvalue weighted by Crippen LogP contribution is -2.49. The average molecular weight is 327 g/mol. The molecule has 1 N–H and O–H groups in total.